The molecule has 1 aliphatic heterocycles. The fourth-order valence-electron chi connectivity index (χ4n) is 6.23. The number of fused-ring (bicyclic) bond motifs is 1. The molecule has 188 valence electrons. The van der Waals surface area contributed by atoms with E-state index in [0.29, 0.717) is 54.1 Å². The predicted molar refractivity (Wildman–Crippen MR) is 116 cm³/mol. The predicted octanol–water partition coefficient (Wildman–Crippen LogP) is 3.74. The van der Waals surface area contributed by atoms with Crippen molar-refractivity contribution in [2.45, 2.75) is 86.6 Å². The van der Waals surface area contributed by atoms with Crippen LogP contribution in [0.25, 0.3) is 0 Å². The molecule has 2 bridgehead atoms. The van der Waals surface area contributed by atoms with Crippen LogP contribution in [0.5, 0.6) is 5.75 Å². The average molecular weight is 513 g/mol. The number of carbonyl (C=O) groups is 1. The topological polar surface area (TPSA) is 98.5 Å². The van der Waals surface area contributed by atoms with Crippen molar-refractivity contribution in [2.75, 3.05) is 0 Å². The van der Waals surface area contributed by atoms with Gasteiger partial charge in [0.1, 0.15) is 5.75 Å². The fraction of sp³-hybridized carbons (Fsp3) is 0.609. The monoisotopic (exact) mass is 512 g/mol. The quantitative estimate of drug-likeness (QED) is 0.633. The van der Waals surface area contributed by atoms with Crippen molar-refractivity contribution >= 4 is 17.5 Å². The molecule has 1 amide bonds. The Bertz CT molecular complexity index is 1150. The molecule has 4 atom stereocenters. The Morgan fingerprint density at radius 1 is 1.26 bits per heavy atom. The molecule has 2 N–H and O–H groups in total. The van der Waals surface area contributed by atoms with Gasteiger partial charge in [-0.15, -0.1) is 18.3 Å². The molecular formula is C23H24ClF3N4O4. The molecule has 0 radical (unpaired) electrons. The maximum atomic E-state index is 12.9. The molecule has 12 heteroatoms. The Morgan fingerprint density at radius 2 is 2.03 bits per heavy atom. The summed E-state index contributed by atoms with van der Waals surface area (Å²) in [5.41, 5.74) is 0.697. The normalized spacial score (nSPS) is 35.5. The molecule has 4 aliphatic carbocycles. The van der Waals surface area contributed by atoms with Gasteiger partial charge in [0.15, 0.2) is 6.10 Å². The fourth-order valence-corrected chi connectivity index (χ4v) is 6.41. The molecule has 1 aromatic heterocycles. The van der Waals surface area contributed by atoms with Crippen molar-refractivity contribution in [1.29, 1.82) is 0 Å². The maximum absolute atomic E-state index is 12.9. The van der Waals surface area contributed by atoms with Crippen LogP contribution in [0, 0.1) is 0 Å². The van der Waals surface area contributed by atoms with Crippen LogP contribution in [0.1, 0.15) is 68.2 Å². The summed E-state index contributed by atoms with van der Waals surface area (Å²) in [6, 6.07) is 4.95. The second-order valence-corrected chi connectivity index (χ2v) is 10.8. The van der Waals surface area contributed by atoms with Gasteiger partial charge in [0.2, 0.25) is 0 Å². The van der Waals surface area contributed by atoms with Crippen LogP contribution in [0.15, 0.2) is 24.4 Å². The highest BCUT2D eigenvalue weighted by molar-refractivity contribution is 6.30. The molecule has 2 heterocycles. The Morgan fingerprint density at radius 3 is 2.77 bits per heavy atom. The molecule has 8 nitrogen and oxygen atoms in total. The van der Waals surface area contributed by atoms with E-state index in [-0.39, 0.29) is 35.7 Å². The van der Waals surface area contributed by atoms with E-state index in [4.69, 9.17) is 16.3 Å². The Kier molecular flexibility index (Phi) is 5.15. The Balaban J connectivity index is 1.04. The molecule has 0 spiro atoms. The molecule has 1 aromatic carbocycles. The van der Waals surface area contributed by atoms with Crippen LogP contribution >= 0.6 is 11.6 Å². The van der Waals surface area contributed by atoms with Gasteiger partial charge in [-0.3, -0.25) is 9.53 Å². The number of rotatable bonds is 5. The third-order valence-corrected chi connectivity index (χ3v) is 8.06. The molecule has 5 aliphatic rings. The smallest absolute Gasteiger partial charge is 0.480 e. The van der Waals surface area contributed by atoms with Gasteiger partial charge in [-0.1, -0.05) is 16.8 Å². The average Bonchev–Trinajstić information content (AvgIpc) is 3.38. The number of nitrogens with one attached hydrogen (secondary N) is 1. The van der Waals surface area contributed by atoms with E-state index in [2.05, 4.69) is 20.4 Å². The zero-order valence-corrected chi connectivity index (χ0v) is 19.3. The molecule has 0 saturated heterocycles. The summed E-state index contributed by atoms with van der Waals surface area (Å²) in [6.07, 6.45) is -1.85. The lowest BCUT2D eigenvalue weighted by Gasteiger charge is -2.69. The van der Waals surface area contributed by atoms with E-state index in [1.54, 1.807) is 22.9 Å². The lowest BCUT2D eigenvalue weighted by molar-refractivity contribution is -0.341. The van der Waals surface area contributed by atoms with Crippen LogP contribution in [-0.4, -0.2) is 50.1 Å². The van der Waals surface area contributed by atoms with Gasteiger partial charge < -0.3 is 15.2 Å². The lowest BCUT2D eigenvalue weighted by atomic mass is 9.44. The SMILES string of the molecule is O=C(NC12CC(n3cc(C4CCC(OC(F)(F)F)C4)nn3)(C1)C2)[C@H]1C[C@@H](O)c2cc(Cl)ccc2O1. The minimum absolute atomic E-state index is 0.107. The number of benzene rings is 1. The Hall–Kier alpha value is -2.37. The van der Waals surface area contributed by atoms with Crippen molar-refractivity contribution in [1.82, 2.24) is 20.3 Å². The number of ether oxygens (including phenoxy) is 2. The molecule has 4 fully saturated rings. The molecule has 2 aromatic rings. The number of halogens is 4. The van der Waals surface area contributed by atoms with Crippen LogP contribution in [0.2, 0.25) is 5.02 Å². The summed E-state index contributed by atoms with van der Waals surface area (Å²) in [7, 11) is 0. The third kappa shape index (κ3) is 4.07. The molecule has 2 unspecified atom stereocenters. The van der Waals surface area contributed by atoms with Crippen LogP contribution < -0.4 is 10.1 Å². The van der Waals surface area contributed by atoms with Gasteiger partial charge in [-0.05, 0) is 56.7 Å². The molecule has 35 heavy (non-hydrogen) atoms. The van der Waals surface area contributed by atoms with Crippen LogP contribution in [0.4, 0.5) is 13.2 Å². The standard InChI is InChI=1S/C23H24ClF3N4O4/c24-13-2-4-18-15(6-13)17(32)7-19(34-18)20(33)28-21-9-22(10-21,11-21)31-8-16(29-30-31)12-1-3-14(5-12)35-23(25,26)27/h2,4,6,8,12,14,17,19,32H,1,3,5,7,9-11H2,(H,28,33)/t12?,14?,17-,19-,21?,22?/m1/s1. The molecule has 7 rings (SSSR count). The summed E-state index contributed by atoms with van der Waals surface area (Å²) in [6.45, 7) is 0. The van der Waals surface area contributed by atoms with Gasteiger partial charge in [-0.2, -0.15) is 0 Å². The Labute approximate surface area is 203 Å². The number of aliphatic hydroxyl groups is 1. The summed E-state index contributed by atoms with van der Waals surface area (Å²) < 4.78 is 49.3. The van der Waals surface area contributed by atoms with Gasteiger partial charge >= 0.3 is 6.36 Å². The second kappa shape index (κ2) is 7.81. The van der Waals surface area contributed by atoms with Gasteiger partial charge in [-0.25, -0.2) is 4.68 Å². The lowest BCUT2D eigenvalue weighted by Crippen LogP contribution is -2.79. The molecule has 4 saturated carbocycles. The van der Waals surface area contributed by atoms with E-state index in [9.17, 15) is 23.1 Å². The zero-order chi connectivity index (χ0) is 24.6. The molecular weight excluding hydrogens is 489 g/mol. The second-order valence-electron chi connectivity index (χ2n) is 10.3. The van der Waals surface area contributed by atoms with Gasteiger partial charge in [0, 0.05) is 34.7 Å². The van der Waals surface area contributed by atoms with Crippen molar-refractivity contribution in [3.63, 3.8) is 0 Å². The van der Waals surface area contributed by atoms with Gasteiger partial charge in [0.05, 0.1) is 23.4 Å². The number of aliphatic hydroxyl groups excluding tert-OH is 1. The summed E-state index contributed by atoms with van der Waals surface area (Å²) >= 11 is 5.99. The van der Waals surface area contributed by atoms with Crippen LogP contribution in [0.3, 0.4) is 0 Å². The minimum Gasteiger partial charge on any atom is -0.480 e. The van der Waals surface area contributed by atoms with Crippen molar-refractivity contribution in [2.24, 2.45) is 0 Å². The third-order valence-electron chi connectivity index (χ3n) is 7.82. The largest absolute Gasteiger partial charge is 0.522 e. The van der Waals surface area contributed by atoms with Crippen LogP contribution in [-0.2, 0) is 15.1 Å². The highest BCUT2D eigenvalue weighted by Gasteiger charge is 2.70. The first-order chi connectivity index (χ1) is 16.5. The number of amides is 1. The number of hydrogen-bond acceptors (Lipinski definition) is 6. The van der Waals surface area contributed by atoms with Crippen molar-refractivity contribution in [3.05, 3.63) is 40.7 Å². The van der Waals surface area contributed by atoms with E-state index in [1.807, 2.05) is 6.20 Å². The van der Waals surface area contributed by atoms with E-state index >= 15 is 0 Å². The van der Waals surface area contributed by atoms with Crippen molar-refractivity contribution < 1.29 is 32.5 Å². The first-order valence-corrected chi connectivity index (χ1v) is 12.0. The summed E-state index contributed by atoms with van der Waals surface area (Å²) in [5, 5.41) is 22.5. The summed E-state index contributed by atoms with van der Waals surface area (Å²) in [4.78, 5) is 12.9. The number of hydrogen-bond donors (Lipinski definition) is 2. The zero-order valence-electron chi connectivity index (χ0n) is 18.6. The van der Waals surface area contributed by atoms with E-state index < -0.39 is 24.7 Å². The summed E-state index contributed by atoms with van der Waals surface area (Å²) in [5.74, 6) is 0.0796. The van der Waals surface area contributed by atoms with Crippen molar-refractivity contribution in [3.8, 4) is 5.75 Å². The first kappa shape index (κ1) is 23.1. The highest BCUT2D eigenvalue weighted by Crippen LogP contribution is 2.65. The number of aromatic nitrogens is 3. The van der Waals surface area contributed by atoms with E-state index in [0.717, 1.165) is 0 Å². The maximum Gasteiger partial charge on any atom is 0.522 e. The van der Waals surface area contributed by atoms with E-state index in [1.165, 1.54) is 0 Å². The van der Waals surface area contributed by atoms with Gasteiger partial charge in [0.25, 0.3) is 5.91 Å². The minimum atomic E-state index is -4.63. The number of carbonyl (C=O) groups excluding carboxylic acids is 1. The number of alkyl halides is 3. The highest BCUT2D eigenvalue weighted by atomic mass is 35.5. The number of nitrogens with zero attached hydrogens (tertiary/aromatic N) is 3. The first-order valence-electron chi connectivity index (χ1n) is 11.7.